The number of esters is 1. The van der Waals surface area contributed by atoms with E-state index in [1.807, 2.05) is 12.1 Å². The molecule has 1 aromatic rings. The van der Waals surface area contributed by atoms with Gasteiger partial charge in [-0.25, -0.2) is 0 Å². The predicted molar refractivity (Wildman–Crippen MR) is 79.7 cm³/mol. The summed E-state index contributed by atoms with van der Waals surface area (Å²) in [6.07, 6.45) is 1.48. The molecule has 0 aromatic heterocycles. The minimum atomic E-state index is -0.783. The van der Waals surface area contributed by atoms with Crippen molar-refractivity contribution in [1.29, 1.82) is 0 Å². The number of carbonyl (C=O) groups excluding carboxylic acids is 2. The zero-order chi connectivity index (χ0) is 15.8. The molecule has 0 aliphatic heterocycles. The van der Waals surface area contributed by atoms with Crippen LogP contribution in [0.3, 0.4) is 0 Å². The normalized spacial score (nSPS) is 12.0. The summed E-state index contributed by atoms with van der Waals surface area (Å²) in [5, 5.41) is 0. The van der Waals surface area contributed by atoms with E-state index in [-0.39, 0.29) is 12.3 Å². The van der Waals surface area contributed by atoms with Crippen molar-refractivity contribution < 1.29 is 19.1 Å². The first-order chi connectivity index (χ1) is 9.97. The first-order valence-electron chi connectivity index (χ1n) is 6.43. The number of amides is 1. The molecule has 0 radical (unpaired) electrons. The van der Waals surface area contributed by atoms with Crippen molar-refractivity contribution in [2.24, 2.45) is 4.99 Å². The molecule has 21 heavy (non-hydrogen) atoms. The maximum Gasteiger partial charge on any atom is 0.308 e. The van der Waals surface area contributed by atoms with Gasteiger partial charge in [-0.15, -0.1) is 0 Å². The third kappa shape index (κ3) is 5.25. The lowest BCUT2D eigenvalue weighted by atomic mass is 10.2. The van der Waals surface area contributed by atoms with Crippen LogP contribution >= 0.6 is 0 Å². The van der Waals surface area contributed by atoms with Gasteiger partial charge in [-0.2, -0.15) is 0 Å². The number of carbonyl (C=O) groups is 2. The Morgan fingerprint density at radius 1 is 1.24 bits per heavy atom. The molecular formula is C15H20N2O4. The number of benzene rings is 1. The average Bonchev–Trinajstić information content (AvgIpc) is 2.50. The van der Waals surface area contributed by atoms with Crippen LogP contribution in [0.4, 0.5) is 0 Å². The molecule has 6 nitrogen and oxygen atoms in total. The molecule has 6 heteroatoms. The Balaban J connectivity index is 2.85. The van der Waals surface area contributed by atoms with E-state index in [1.54, 1.807) is 39.6 Å². The number of nitrogens with zero attached hydrogens (tertiary/aromatic N) is 2. The van der Waals surface area contributed by atoms with Crippen LogP contribution < -0.4 is 4.74 Å². The van der Waals surface area contributed by atoms with Crippen molar-refractivity contribution in [3.63, 3.8) is 0 Å². The van der Waals surface area contributed by atoms with Gasteiger partial charge in [0.15, 0.2) is 0 Å². The van der Waals surface area contributed by atoms with Gasteiger partial charge in [0.2, 0.25) is 5.91 Å². The summed E-state index contributed by atoms with van der Waals surface area (Å²) in [5.41, 5.74) is 0.817. The van der Waals surface area contributed by atoms with Crippen molar-refractivity contribution in [3.05, 3.63) is 29.8 Å². The quantitative estimate of drug-likeness (QED) is 0.582. The van der Waals surface area contributed by atoms with Crippen LogP contribution in [-0.4, -0.2) is 57.3 Å². The van der Waals surface area contributed by atoms with Crippen molar-refractivity contribution in [1.82, 2.24) is 4.90 Å². The lowest BCUT2D eigenvalue weighted by Crippen LogP contribution is -2.34. The fraction of sp³-hybridized carbons (Fsp3) is 0.400. The highest BCUT2D eigenvalue weighted by Gasteiger charge is 2.22. The number of methoxy groups -OCH3 is 2. The first-order valence-corrected chi connectivity index (χ1v) is 6.43. The van der Waals surface area contributed by atoms with Gasteiger partial charge in [-0.1, -0.05) is 0 Å². The molecule has 0 fully saturated rings. The first kappa shape index (κ1) is 16.7. The van der Waals surface area contributed by atoms with E-state index in [1.165, 1.54) is 12.0 Å². The molecule has 1 amide bonds. The second-order valence-electron chi connectivity index (χ2n) is 4.58. The van der Waals surface area contributed by atoms with Crippen molar-refractivity contribution in [3.8, 4) is 5.75 Å². The monoisotopic (exact) mass is 292 g/mol. The zero-order valence-corrected chi connectivity index (χ0v) is 12.7. The fourth-order valence-corrected chi connectivity index (χ4v) is 1.61. The predicted octanol–water partition coefficient (Wildman–Crippen LogP) is 1.13. The number of hydrogen-bond acceptors (Lipinski definition) is 5. The van der Waals surface area contributed by atoms with E-state index in [0.717, 1.165) is 11.3 Å². The van der Waals surface area contributed by atoms with E-state index < -0.39 is 12.0 Å². The third-order valence-corrected chi connectivity index (χ3v) is 2.83. The van der Waals surface area contributed by atoms with Crippen molar-refractivity contribution >= 4 is 18.1 Å². The number of ether oxygens (including phenoxy) is 2. The molecule has 0 aliphatic carbocycles. The molecule has 1 atom stereocenters. The molecule has 0 spiro atoms. The Labute approximate surface area is 124 Å². The van der Waals surface area contributed by atoms with E-state index in [4.69, 9.17) is 4.74 Å². The molecule has 0 bridgehead atoms. The SMILES string of the molecule is COC(=O)C[C@H](N=Cc1ccc(OC)cc1)C(=O)N(C)C. The molecule has 0 heterocycles. The number of likely N-dealkylation sites (N-methyl/N-ethyl adjacent to an activating group) is 1. The van der Waals surface area contributed by atoms with Gasteiger partial charge in [0, 0.05) is 20.3 Å². The lowest BCUT2D eigenvalue weighted by Gasteiger charge is -2.16. The molecule has 1 rings (SSSR count). The topological polar surface area (TPSA) is 68.2 Å². The molecule has 0 aliphatic rings. The number of aliphatic imine (C=N–C) groups is 1. The van der Waals surface area contributed by atoms with E-state index in [2.05, 4.69) is 9.73 Å². The molecule has 0 unspecified atom stereocenters. The van der Waals surface area contributed by atoms with Crippen LogP contribution in [0, 0.1) is 0 Å². The average molecular weight is 292 g/mol. The minimum Gasteiger partial charge on any atom is -0.497 e. The molecule has 0 saturated heterocycles. The van der Waals surface area contributed by atoms with Crippen molar-refractivity contribution in [2.45, 2.75) is 12.5 Å². The van der Waals surface area contributed by atoms with Crippen LogP contribution in [-0.2, 0) is 14.3 Å². The summed E-state index contributed by atoms with van der Waals surface area (Å²) in [6, 6.07) is 6.44. The lowest BCUT2D eigenvalue weighted by molar-refractivity contribution is -0.143. The van der Waals surface area contributed by atoms with Crippen LogP contribution in [0.5, 0.6) is 5.75 Å². The molecule has 0 saturated carbocycles. The van der Waals surface area contributed by atoms with E-state index in [0.29, 0.717) is 0 Å². The molecule has 0 N–H and O–H groups in total. The third-order valence-electron chi connectivity index (χ3n) is 2.83. The smallest absolute Gasteiger partial charge is 0.308 e. The summed E-state index contributed by atoms with van der Waals surface area (Å²) in [5.74, 6) is 0.0230. The largest absolute Gasteiger partial charge is 0.497 e. The van der Waals surface area contributed by atoms with E-state index >= 15 is 0 Å². The van der Waals surface area contributed by atoms with Gasteiger partial charge in [0.25, 0.3) is 0 Å². The second kappa shape index (κ2) is 8.04. The Kier molecular flexibility index (Phi) is 6.39. The number of rotatable bonds is 6. The summed E-state index contributed by atoms with van der Waals surface area (Å²) < 4.78 is 9.66. The van der Waals surface area contributed by atoms with Crippen LogP contribution in [0.25, 0.3) is 0 Å². The fourth-order valence-electron chi connectivity index (χ4n) is 1.61. The Morgan fingerprint density at radius 2 is 1.86 bits per heavy atom. The maximum absolute atomic E-state index is 12.0. The van der Waals surface area contributed by atoms with Crippen LogP contribution in [0.2, 0.25) is 0 Å². The minimum absolute atomic E-state index is 0.0832. The molecule has 114 valence electrons. The van der Waals surface area contributed by atoms with E-state index in [9.17, 15) is 9.59 Å². The molecular weight excluding hydrogens is 272 g/mol. The van der Waals surface area contributed by atoms with Gasteiger partial charge in [-0.05, 0) is 29.8 Å². The van der Waals surface area contributed by atoms with Gasteiger partial charge in [-0.3, -0.25) is 14.6 Å². The Hall–Kier alpha value is -2.37. The Morgan fingerprint density at radius 3 is 2.33 bits per heavy atom. The standard InChI is InChI=1S/C15H20N2O4/c1-17(2)15(19)13(9-14(18)21-4)16-10-11-5-7-12(20-3)8-6-11/h5-8,10,13H,9H2,1-4H3/t13-/m0/s1. The van der Waals surface area contributed by atoms with Gasteiger partial charge in [0.1, 0.15) is 11.8 Å². The highest BCUT2D eigenvalue weighted by atomic mass is 16.5. The maximum atomic E-state index is 12.0. The highest BCUT2D eigenvalue weighted by Crippen LogP contribution is 2.11. The summed E-state index contributed by atoms with van der Waals surface area (Å²) >= 11 is 0. The highest BCUT2D eigenvalue weighted by molar-refractivity contribution is 5.89. The second-order valence-corrected chi connectivity index (χ2v) is 4.58. The van der Waals surface area contributed by atoms with Crippen LogP contribution in [0.15, 0.2) is 29.3 Å². The summed E-state index contributed by atoms with van der Waals surface area (Å²) in [4.78, 5) is 29.0. The van der Waals surface area contributed by atoms with Gasteiger partial charge >= 0.3 is 5.97 Å². The Bertz CT molecular complexity index is 509. The zero-order valence-electron chi connectivity index (χ0n) is 12.7. The van der Waals surface area contributed by atoms with Gasteiger partial charge in [0.05, 0.1) is 20.6 Å². The number of hydrogen-bond donors (Lipinski definition) is 0. The van der Waals surface area contributed by atoms with Crippen LogP contribution in [0.1, 0.15) is 12.0 Å². The summed E-state index contributed by atoms with van der Waals surface area (Å²) in [7, 11) is 6.11. The van der Waals surface area contributed by atoms with Crippen molar-refractivity contribution in [2.75, 3.05) is 28.3 Å². The van der Waals surface area contributed by atoms with Gasteiger partial charge < -0.3 is 14.4 Å². The summed E-state index contributed by atoms with van der Waals surface area (Å²) in [6.45, 7) is 0. The molecule has 1 aromatic carbocycles.